The summed E-state index contributed by atoms with van der Waals surface area (Å²) in [6.45, 7) is 0. The first kappa shape index (κ1) is 13.2. The summed E-state index contributed by atoms with van der Waals surface area (Å²) in [6.07, 6.45) is 1.81. The van der Waals surface area contributed by atoms with Gasteiger partial charge in [0.05, 0.1) is 11.7 Å². The zero-order valence-electron chi connectivity index (χ0n) is 6.33. The SMILES string of the molecule is O.O.O.c1ccc2[nH]ncc2c1. The first-order chi connectivity index (χ1) is 4.47. The number of H-pyrrole nitrogens is 1. The van der Waals surface area contributed by atoms with Gasteiger partial charge in [-0.1, -0.05) is 18.2 Å². The van der Waals surface area contributed by atoms with E-state index in [-0.39, 0.29) is 16.4 Å². The second-order valence-electron chi connectivity index (χ2n) is 1.96. The Labute approximate surface area is 69.0 Å². The molecule has 0 aliphatic heterocycles. The smallest absolute Gasteiger partial charge is 0.0650 e. The number of para-hydroxylation sites is 1. The summed E-state index contributed by atoms with van der Waals surface area (Å²) < 4.78 is 0. The Balaban J connectivity index is 0. The van der Waals surface area contributed by atoms with Crippen molar-refractivity contribution in [2.24, 2.45) is 0 Å². The topological polar surface area (TPSA) is 123 Å². The van der Waals surface area contributed by atoms with Gasteiger partial charge in [-0.25, -0.2) is 0 Å². The summed E-state index contributed by atoms with van der Waals surface area (Å²) >= 11 is 0. The van der Waals surface area contributed by atoms with E-state index < -0.39 is 0 Å². The molecule has 0 radical (unpaired) electrons. The van der Waals surface area contributed by atoms with Gasteiger partial charge in [0.1, 0.15) is 0 Å². The van der Waals surface area contributed by atoms with Crippen molar-refractivity contribution in [1.29, 1.82) is 0 Å². The van der Waals surface area contributed by atoms with Gasteiger partial charge in [0.2, 0.25) is 0 Å². The van der Waals surface area contributed by atoms with Crippen LogP contribution in [0.15, 0.2) is 30.5 Å². The van der Waals surface area contributed by atoms with Crippen LogP contribution in [0.25, 0.3) is 10.9 Å². The van der Waals surface area contributed by atoms with Gasteiger partial charge < -0.3 is 16.4 Å². The fraction of sp³-hybridized carbons (Fsp3) is 0. The maximum Gasteiger partial charge on any atom is 0.0650 e. The van der Waals surface area contributed by atoms with Crippen LogP contribution in [0.2, 0.25) is 0 Å². The van der Waals surface area contributed by atoms with E-state index in [0.717, 1.165) is 10.9 Å². The highest BCUT2D eigenvalue weighted by molar-refractivity contribution is 5.77. The number of nitrogens with one attached hydrogen (secondary N) is 1. The van der Waals surface area contributed by atoms with Crippen LogP contribution in [0.3, 0.4) is 0 Å². The Morgan fingerprint density at radius 1 is 1.00 bits per heavy atom. The van der Waals surface area contributed by atoms with Crippen molar-refractivity contribution < 1.29 is 16.4 Å². The van der Waals surface area contributed by atoms with Crippen LogP contribution in [0.1, 0.15) is 0 Å². The average Bonchev–Trinajstić information content (AvgIpc) is 2.33. The van der Waals surface area contributed by atoms with Crippen LogP contribution >= 0.6 is 0 Å². The molecule has 1 aromatic heterocycles. The summed E-state index contributed by atoms with van der Waals surface area (Å²) in [5.74, 6) is 0. The summed E-state index contributed by atoms with van der Waals surface area (Å²) in [5, 5.41) is 7.91. The first-order valence-electron chi connectivity index (χ1n) is 2.85. The molecule has 5 heteroatoms. The lowest BCUT2D eigenvalue weighted by Gasteiger charge is -1.81. The third kappa shape index (κ3) is 2.03. The molecule has 0 aliphatic rings. The van der Waals surface area contributed by atoms with Gasteiger partial charge >= 0.3 is 0 Å². The van der Waals surface area contributed by atoms with E-state index in [0.29, 0.717) is 0 Å². The molecule has 0 spiro atoms. The number of aromatic amines is 1. The second kappa shape index (κ2) is 5.25. The van der Waals surface area contributed by atoms with E-state index in [9.17, 15) is 0 Å². The van der Waals surface area contributed by atoms with E-state index in [1.54, 1.807) is 0 Å². The fourth-order valence-electron chi connectivity index (χ4n) is 0.883. The van der Waals surface area contributed by atoms with Gasteiger partial charge in [0.15, 0.2) is 0 Å². The standard InChI is InChI=1S/C7H6N2.3H2O/c1-2-4-7-6(3-1)5-8-9-7;;;/h1-5H,(H,8,9);3*1H2. The van der Waals surface area contributed by atoms with Crippen LogP contribution in [0.5, 0.6) is 0 Å². The highest BCUT2D eigenvalue weighted by atomic mass is 16.0. The number of fused-ring (bicyclic) bond motifs is 1. The van der Waals surface area contributed by atoms with Crippen LogP contribution < -0.4 is 0 Å². The van der Waals surface area contributed by atoms with E-state index in [4.69, 9.17) is 0 Å². The Kier molecular flexibility index (Phi) is 5.77. The molecule has 2 aromatic rings. The molecule has 12 heavy (non-hydrogen) atoms. The predicted molar refractivity (Wildman–Crippen MR) is 46.9 cm³/mol. The molecule has 0 saturated carbocycles. The third-order valence-corrected chi connectivity index (χ3v) is 1.35. The van der Waals surface area contributed by atoms with Crippen molar-refractivity contribution in [3.63, 3.8) is 0 Å². The van der Waals surface area contributed by atoms with Crippen molar-refractivity contribution in [3.8, 4) is 0 Å². The van der Waals surface area contributed by atoms with Gasteiger partial charge in [0.25, 0.3) is 0 Å². The number of hydrogen-bond acceptors (Lipinski definition) is 1. The van der Waals surface area contributed by atoms with E-state index >= 15 is 0 Å². The summed E-state index contributed by atoms with van der Waals surface area (Å²) in [6, 6.07) is 8.01. The maximum absolute atomic E-state index is 3.88. The van der Waals surface area contributed by atoms with Crippen molar-refractivity contribution in [2.75, 3.05) is 0 Å². The zero-order valence-corrected chi connectivity index (χ0v) is 6.33. The molecule has 1 heterocycles. The number of nitrogens with zero attached hydrogens (tertiary/aromatic N) is 1. The Morgan fingerprint density at radius 3 is 2.33 bits per heavy atom. The van der Waals surface area contributed by atoms with Crippen molar-refractivity contribution in [2.45, 2.75) is 0 Å². The molecule has 0 fully saturated rings. The monoisotopic (exact) mass is 172 g/mol. The molecule has 68 valence electrons. The molecule has 1 aromatic carbocycles. The summed E-state index contributed by atoms with van der Waals surface area (Å²) in [4.78, 5) is 0. The van der Waals surface area contributed by atoms with Gasteiger partial charge in [-0.15, -0.1) is 0 Å². The average molecular weight is 172 g/mol. The van der Waals surface area contributed by atoms with Crippen LogP contribution in [0, 0.1) is 0 Å². The highest BCUT2D eigenvalue weighted by Crippen LogP contribution is 2.06. The van der Waals surface area contributed by atoms with Crippen molar-refractivity contribution >= 4 is 10.9 Å². The Morgan fingerprint density at radius 2 is 1.67 bits per heavy atom. The molecular weight excluding hydrogens is 160 g/mol. The first-order valence-corrected chi connectivity index (χ1v) is 2.85. The summed E-state index contributed by atoms with van der Waals surface area (Å²) in [5.41, 5.74) is 1.09. The van der Waals surface area contributed by atoms with Crippen LogP contribution in [-0.4, -0.2) is 26.6 Å². The lowest BCUT2D eigenvalue weighted by molar-refractivity contribution is 0.823. The van der Waals surface area contributed by atoms with Crippen molar-refractivity contribution in [3.05, 3.63) is 30.5 Å². The third-order valence-electron chi connectivity index (χ3n) is 1.35. The zero-order chi connectivity index (χ0) is 6.10. The second-order valence-corrected chi connectivity index (χ2v) is 1.96. The molecule has 2 rings (SSSR count). The quantitative estimate of drug-likeness (QED) is 0.542. The van der Waals surface area contributed by atoms with Gasteiger partial charge in [-0.05, 0) is 6.07 Å². The van der Waals surface area contributed by atoms with Crippen molar-refractivity contribution in [1.82, 2.24) is 10.2 Å². The lowest BCUT2D eigenvalue weighted by atomic mass is 10.3. The predicted octanol–water partition coefficient (Wildman–Crippen LogP) is -0.911. The van der Waals surface area contributed by atoms with Gasteiger partial charge in [-0.2, -0.15) is 5.10 Å². The molecule has 5 nitrogen and oxygen atoms in total. The minimum atomic E-state index is 0. The number of benzene rings is 1. The van der Waals surface area contributed by atoms with Gasteiger partial charge in [-0.3, -0.25) is 5.10 Å². The molecule has 0 atom stereocenters. The largest absolute Gasteiger partial charge is 0.412 e. The van der Waals surface area contributed by atoms with E-state index in [1.165, 1.54) is 0 Å². The number of aromatic nitrogens is 2. The molecule has 7 N–H and O–H groups in total. The highest BCUT2D eigenvalue weighted by Gasteiger charge is 1.88. The molecule has 0 amide bonds. The molecule has 0 unspecified atom stereocenters. The lowest BCUT2D eigenvalue weighted by Crippen LogP contribution is -1.63. The Bertz CT molecular complexity index is 291. The van der Waals surface area contributed by atoms with Gasteiger partial charge in [0, 0.05) is 5.39 Å². The molecular formula is C7H12N2O3. The maximum atomic E-state index is 3.88. The number of rotatable bonds is 0. The molecule has 0 aliphatic carbocycles. The molecule has 0 saturated heterocycles. The van der Waals surface area contributed by atoms with Crippen LogP contribution in [-0.2, 0) is 0 Å². The number of hydrogen-bond donors (Lipinski definition) is 1. The minimum Gasteiger partial charge on any atom is -0.412 e. The Hall–Kier alpha value is -1.43. The van der Waals surface area contributed by atoms with Crippen LogP contribution in [0.4, 0.5) is 0 Å². The normalized spacial score (nSPS) is 7.67. The molecule has 0 bridgehead atoms. The summed E-state index contributed by atoms with van der Waals surface area (Å²) in [7, 11) is 0. The van der Waals surface area contributed by atoms with E-state index in [1.807, 2.05) is 30.5 Å². The van der Waals surface area contributed by atoms with E-state index in [2.05, 4.69) is 10.2 Å². The fourth-order valence-corrected chi connectivity index (χ4v) is 0.883. The minimum absolute atomic E-state index is 0.